The van der Waals surface area contributed by atoms with Crippen LogP contribution in [0, 0.1) is 13.8 Å². The summed E-state index contributed by atoms with van der Waals surface area (Å²) in [5.74, 6) is 0.604. The van der Waals surface area contributed by atoms with Crippen LogP contribution in [0.4, 0.5) is 0 Å². The second kappa shape index (κ2) is 13.9. The van der Waals surface area contributed by atoms with Crippen molar-refractivity contribution in [3.63, 3.8) is 0 Å². The number of benzene rings is 2. The molecule has 0 spiro atoms. The fourth-order valence-corrected chi connectivity index (χ4v) is 5.71. The molecule has 2 heterocycles. The molecule has 2 aromatic heterocycles. The molecule has 0 saturated carbocycles. The van der Waals surface area contributed by atoms with Gasteiger partial charge in [-0.05, 0) is 83.0 Å². The molecule has 0 saturated heterocycles. The zero-order chi connectivity index (χ0) is 30.3. The van der Waals surface area contributed by atoms with Gasteiger partial charge in [0.2, 0.25) is 5.91 Å². The summed E-state index contributed by atoms with van der Waals surface area (Å²) >= 11 is 0. The van der Waals surface area contributed by atoms with Crippen molar-refractivity contribution in [2.45, 2.75) is 65.2 Å². The summed E-state index contributed by atoms with van der Waals surface area (Å²) in [6.45, 7) is 11.2. The van der Waals surface area contributed by atoms with Crippen molar-refractivity contribution in [3.8, 4) is 17.0 Å². The summed E-state index contributed by atoms with van der Waals surface area (Å²) in [5.41, 5.74) is 6.00. The van der Waals surface area contributed by atoms with E-state index in [1.807, 2.05) is 49.2 Å². The van der Waals surface area contributed by atoms with Crippen molar-refractivity contribution in [3.05, 3.63) is 77.1 Å². The monoisotopic (exact) mass is 592 g/mol. The molecule has 0 fully saturated rings. The number of aromatic nitrogens is 3. The standard InChI is InChI=1S/C32H40N4O5S/c1-6-9-10-26-21-24(5)33-32-29(22-30(37)35(7-2)8-3)31(34-36(26)32)25-13-15-27(16-14-25)40-19-20-41-42(38,39)28-17-11-23(4)12-18-28/h11-18,21H,6-10,19-20,22H2,1-5H3. The van der Waals surface area contributed by atoms with Gasteiger partial charge in [-0.15, -0.1) is 0 Å². The van der Waals surface area contributed by atoms with Crippen LogP contribution in [-0.4, -0.2) is 60.1 Å². The van der Waals surface area contributed by atoms with Gasteiger partial charge in [0, 0.05) is 35.6 Å². The molecule has 0 aliphatic heterocycles. The smallest absolute Gasteiger partial charge is 0.297 e. The Morgan fingerprint density at radius 2 is 1.64 bits per heavy atom. The van der Waals surface area contributed by atoms with Crippen molar-refractivity contribution in [1.82, 2.24) is 19.5 Å². The van der Waals surface area contributed by atoms with Gasteiger partial charge in [0.15, 0.2) is 5.65 Å². The zero-order valence-electron chi connectivity index (χ0n) is 25.1. The summed E-state index contributed by atoms with van der Waals surface area (Å²) in [4.78, 5) is 19.9. The lowest BCUT2D eigenvalue weighted by Gasteiger charge is -2.18. The molecule has 2 aromatic carbocycles. The van der Waals surface area contributed by atoms with Crippen LogP contribution in [0.15, 0.2) is 59.5 Å². The molecule has 4 aromatic rings. The maximum atomic E-state index is 13.2. The second-order valence-electron chi connectivity index (χ2n) is 10.3. The fraction of sp³-hybridized carbons (Fsp3) is 0.406. The highest BCUT2D eigenvalue weighted by Gasteiger charge is 2.22. The Kier molecular flexibility index (Phi) is 10.3. The minimum atomic E-state index is -3.85. The molecule has 0 bridgehead atoms. The average Bonchev–Trinajstić information content (AvgIpc) is 3.33. The van der Waals surface area contributed by atoms with Crippen molar-refractivity contribution in [1.29, 1.82) is 0 Å². The predicted octanol–water partition coefficient (Wildman–Crippen LogP) is 5.55. The van der Waals surface area contributed by atoms with Crippen LogP contribution in [0.3, 0.4) is 0 Å². The van der Waals surface area contributed by atoms with E-state index in [9.17, 15) is 13.2 Å². The number of hydrogen-bond donors (Lipinski definition) is 0. The van der Waals surface area contributed by atoms with Gasteiger partial charge < -0.3 is 9.64 Å². The summed E-state index contributed by atoms with van der Waals surface area (Å²) in [6, 6.07) is 16.0. The van der Waals surface area contributed by atoms with E-state index in [0.29, 0.717) is 30.2 Å². The molecule has 0 N–H and O–H groups in total. The number of carbonyl (C=O) groups is 1. The molecule has 224 valence electrons. The number of hydrogen-bond acceptors (Lipinski definition) is 7. The Hall–Kier alpha value is -3.76. The summed E-state index contributed by atoms with van der Waals surface area (Å²) in [5, 5.41) is 4.96. The molecular weight excluding hydrogens is 552 g/mol. The maximum absolute atomic E-state index is 13.2. The van der Waals surface area contributed by atoms with Crippen LogP contribution in [0.2, 0.25) is 0 Å². The number of fused-ring (bicyclic) bond motifs is 1. The largest absolute Gasteiger partial charge is 0.491 e. The molecule has 9 nitrogen and oxygen atoms in total. The summed E-state index contributed by atoms with van der Waals surface area (Å²) < 4.78 is 37.6. The minimum absolute atomic E-state index is 0.0371. The highest BCUT2D eigenvalue weighted by atomic mass is 32.2. The molecule has 0 atom stereocenters. The molecule has 0 radical (unpaired) electrons. The zero-order valence-corrected chi connectivity index (χ0v) is 25.9. The fourth-order valence-electron chi connectivity index (χ4n) is 4.81. The van der Waals surface area contributed by atoms with E-state index in [1.54, 1.807) is 24.3 Å². The molecule has 42 heavy (non-hydrogen) atoms. The first-order valence-electron chi connectivity index (χ1n) is 14.5. The molecular formula is C32H40N4O5S. The quantitative estimate of drug-likeness (QED) is 0.140. The van der Waals surface area contributed by atoms with Crippen LogP contribution in [0.5, 0.6) is 5.75 Å². The Bertz CT molecular complexity index is 1610. The molecule has 10 heteroatoms. The minimum Gasteiger partial charge on any atom is -0.491 e. The Balaban J connectivity index is 1.54. The van der Waals surface area contributed by atoms with E-state index in [2.05, 4.69) is 13.0 Å². The van der Waals surface area contributed by atoms with Crippen molar-refractivity contribution < 1.29 is 22.1 Å². The first-order chi connectivity index (χ1) is 20.2. The van der Waals surface area contributed by atoms with E-state index < -0.39 is 10.1 Å². The number of unbranched alkanes of at least 4 members (excludes halogenated alkanes) is 1. The third-order valence-corrected chi connectivity index (χ3v) is 8.47. The van der Waals surface area contributed by atoms with Gasteiger partial charge in [-0.2, -0.15) is 13.5 Å². The third-order valence-electron chi connectivity index (χ3n) is 7.14. The first kappa shape index (κ1) is 31.2. The number of amides is 1. The number of likely N-dealkylation sites (N-methyl/N-ethyl adjacent to an activating group) is 1. The lowest BCUT2D eigenvalue weighted by molar-refractivity contribution is -0.130. The van der Waals surface area contributed by atoms with E-state index in [1.165, 1.54) is 12.1 Å². The van der Waals surface area contributed by atoms with Crippen LogP contribution in [-0.2, 0) is 31.9 Å². The van der Waals surface area contributed by atoms with Gasteiger partial charge in [0.1, 0.15) is 19.0 Å². The molecule has 0 unspecified atom stereocenters. The SMILES string of the molecule is CCCCc1cc(C)nc2c(CC(=O)N(CC)CC)c(-c3ccc(OCCOS(=O)(=O)c4ccc(C)cc4)cc3)nn12. The second-order valence-corrected chi connectivity index (χ2v) is 11.9. The third kappa shape index (κ3) is 7.35. The molecule has 0 aliphatic carbocycles. The van der Waals surface area contributed by atoms with Gasteiger partial charge in [-0.1, -0.05) is 31.0 Å². The van der Waals surface area contributed by atoms with Crippen LogP contribution in [0.1, 0.15) is 56.1 Å². The lowest BCUT2D eigenvalue weighted by atomic mass is 10.0. The van der Waals surface area contributed by atoms with Gasteiger partial charge in [-0.3, -0.25) is 8.98 Å². The Morgan fingerprint density at radius 3 is 2.29 bits per heavy atom. The maximum Gasteiger partial charge on any atom is 0.297 e. The highest BCUT2D eigenvalue weighted by molar-refractivity contribution is 7.86. The molecule has 0 aliphatic rings. The topological polar surface area (TPSA) is 103 Å². The molecule has 4 rings (SSSR count). The van der Waals surface area contributed by atoms with E-state index in [-0.39, 0.29) is 30.4 Å². The van der Waals surface area contributed by atoms with Gasteiger partial charge >= 0.3 is 0 Å². The van der Waals surface area contributed by atoms with Crippen LogP contribution >= 0.6 is 0 Å². The van der Waals surface area contributed by atoms with E-state index in [4.69, 9.17) is 19.0 Å². The Labute approximate surface area is 248 Å². The van der Waals surface area contributed by atoms with Gasteiger partial charge in [-0.25, -0.2) is 9.50 Å². The lowest BCUT2D eigenvalue weighted by Crippen LogP contribution is -2.31. The number of ether oxygens (including phenoxy) is 1. The van der Waals surface area contributed by atoms with Crippen molar-refractivity contribution >= 4 is 21.7 Å². The van der Waals surface area contributed by atoms with Crippen LogP contribution in [0.25, 0.3) is 16.9 Å². The van der Waals surface area contributed by atoms with Crippen molar-refractivity contribution in [2.75, 3.05) is 26.3 Å². The highest BCUT2D eigenvalue weighted by Crippen LogP contribution is 2.29. The first-order valence-corrected chi connectivity index (χ1v) is 15.9. The predicted molar refractivity (Wildman–Crippen MR) is 163 cm³/mol. The van der Waals surface area contributed by atoms with E-state index >= 15 is 0 Å². The number of nitrogens with zero attached hydrogens (tertiary/aromatic N) is 4. The van der Waals surface area contributed by atoms with Crippen LogP contribution < -0.4 is 4.74 Å². The van der Waals surface area contributed by atoms with Gasteiger partial charge in [0.05, 0.1) is 17.0 Å². The van der Waals surface area contributed by atoms with Gasteiger partial charge in [0.25, 0.3) is 10.1 Å². The van der Waals surface area contributed by atoms with E-state index in [0.717, 1.165) is 47.3 Å². The normalized spacial score (nSPS) is 11.6. The molecule has 1 amide bonds. The number of aryl methyl sites for hydroxylation is 3. The average molecular weight is 593 g/mol. The van der Waals surface area contributed by atoms with Crippen molar-refractivity contribution in [2.24, 2.45) is 0 Å². The number of carbonyl (C=O) groups excluding carboxylic acids is 1. The Morgan fingerprint density at radius 1 is 0.952 bits per heavy atom. The summed E-state index contributed by atoms with van der Waals surface area (Å²) in [6.07, 6.45) is 3.17. The number of rotatable bonds is 14. The summed E-state index contributed by atoms with van der Waals surface area (Å²) in [7, 11) is -3.85.